The Kier molecular flexibility index (Phi) is 8.49. The average molecular weight is 634 g/mol. The van der Waals surface area contributed by atoms with Gasteiger partial charge in [0.1, 0.15) is 12.4 Å². The van der Waals surface area contributed by atoms with Crippen molar-refractivity contribution in [2.24, 2.45) is 5.10 Å². The first-order valence-electron chi connectivity index (χ1n) is 11.3. The summed E-state index contributed by atoms with van der Waals surface area (Å²) >= 11 is 13.0. The molecule has 1 aromatic heterocycles. The van der Waals surface area contributed by atoms with Gasteiger partial charge in [0.2, 0.25) is 0 Å². The van der Waals surface area contributed by atoms with Crippen molar-refractivity contribution >= 4 is 60.6 Å². The molecular formula is C27H24Br2ClN3O3. The van der Waals surface area contributed by atoms with E-state index in [4.69, 9.17) is 26.1 Å². The minimum absolute atomic E-state index is 0.0283. The second kappa shape index (κ2) is 11.6. The molecule has 0 N–H and O–H groups in total. The molecule has 3 aromatic carbocycles. The fourth-order valence-electron chi connectivity index (χ4n) is 3.63. The van der Waals surface area contributed by atoms with Crippen LogP contribution >= 0.6 is 43.5 Å². The smallest absolute Gasteiger partial charge is 0.282 e. The van der Waals surface area contributed by atoms with Gasteiger partial charge in [-0.3, -0.25) is 4.79 Å². The molecule has 0 fully saturated rings. The summed E-state index contributed by atoms with van der Waals surface area (Å²) in [7, 11) is 1.58. The van der Waals surface area contributed by atoms with Crippen LogP contribution in [0.25, 0.3) is 10.9 Å². The van der Waals surface area contributed by atoms with Crippen molar-refractivity contribution in [3.63, 3.8) is 0 Å². The SMILES string of the molecule is CC[C@@H](C)c1nc2ccc(Br)cc2c(=O)n1N=Cc1cc(Br)cc(OC)c1OCc1ccc(Cl)cc1. The summed E-state index contributed by atoms with van der Waals surface area (Å²) in [5.74, 6) is 1.67. The maximum absolute atomic E-state index is 13.5. The molecule has 0 bridgehead atoms. The summed E-state index contributed by atoms with van der Waals surface area (Å²) in [4.78, 5) is 18.2. The van der Waals surface area contributed by atoms with E-state index in [0.717, 1.165) is 20.9 Å². The lowest BCUT2D eigenvalue weighted by molar-refractivity contribution is 0.284. The minimum atomic E-state index is -0.238. The normalized spacial score (nSPS) is 12.3. The Morgan fingerprint density at radius 2 is 1.86 bits per heavy atom. The summed E-state index contributed by atoms with van der Waals surface area (Å²) in [6.45, 7) is 4.39. The highest BCUT2D eigenvalue weighted by atomic mass is 79.9. The fourth-order valence-corrected chi connectivity index (χ4v) is 4.57. The van der Waals surface area contributed by atoms with Crippen molar-refractivity contribution in [3.05, 3.63) is 95.9 Å². The van der Waals surface area contributed by atoms with E-state index >= 15 is 0 Å². The van der Waals surface area contributed by atoms with Crippen molar-refractivity contribution in [3.8, 4) is 11.5 Å². The lowest BCUT2D eigenvalue weighted by Gasteiger charge is -2.16. The molecule has 186 valence electrons. The Morgan fingerprint density at radius 1 is 1.11 bits per heavy atom. The predicted octanol–water partition coefficient (Wildman–Crippen LogP) is 7.56. The highest BCUT2D eigenvalue weighted by Crippen LogP contribution is 2.35. The molecule has 1 atom stereocenters. The van der Waals surface area contributed by atoms with Crippen molar-refractivity contribution in [1.82, 2.24) is 9.66 Å². The van der Waals surface area contributed by atoms with Crippen molar-refractivity contribution in [2.45, 2.75) is 32.8 Å². The Morgan fingerprint density at radius 3 is 2.56 bits per heavy atom. The molecule has 0 aliphatic carbocycles. The summed E-state index contributed by atoms with van der Waals surface area (Å²) < 4.78 is 14.7. The van der Waals surface area contributed by atoms with Crippen LogP contribution in [0.2, 0.25) is 5.02 Å². The Balaban J connectivity index is 1.80. The highest BCUT2D eigenvalue weighted by molar-refractivity contribution is 9.10. The zero-order valence-electron chi connectivity index (χ0n) is 20.0. The van der Waals surface area contributed by atoms with Gasteiger partial charge in [0.25, 0.3) is 5.56 Å². The number of ether oxygens (including phenoxy) is 2. The number of methoxy groups -OCH3 is 1. The van der Waals surface area contributed by atoms with Gasteiger partial charge >= 0.3 is 0 Å². The molecule has 6 nitrogen and oxygen atoms in total. The minimum Gasteiger partial charge on any atom is -0.493 e. The van der Waals surface area contributed by atoms with Crippen molar-refractivity contribution in [2.75, 3.05) is 7.11 Å². The highest BCUT2D eigenvalue weighted by Gasteiger charge is 2.17. The number of fused-ring (bicyclic) bond motifs is 1. The van der Waals surface area contributed by atoms with Crippen molar-refractivity contribution in [1.29, 1.82) is 0 Å². The average Bonchev–Trinajstić information content (AvgIpc) is 2.87. The van der Waals surface area contributed by atoms with Gasteiger partial charge in [0, 0.05) is 25.4 Å². The van der Waals surface area contributed by atoms with E-state index in [2.05, 4.69) is 43.9 Å². The molecule has 4 rings (SSSR count). The summed E-state index contributed by atoms with van der Waals surface area (Å²) in [6, 6.07) is 16.6. The first-order valence-corrected chi connectivity index (χ1v) is 13.3. The van der Waals surface area contributed by atoms with Crippen LogP contribution in [0.15, 0.2) is 73.4 Å². The number of hydrogen-bond donors (Lipinski definition) is 0. The number of halogens is 3. The lowest BCUT2D eigenvalue weighted by Crippen LogP contribution is -2.23. The second-order valence-electron chi connectivity index (χ2n) is 8.24. The number of nitrogens with zero attached hydrogens (tertiary/aromatic N) is 3. The molecule has 0 saturated carbocycles. The molecule has 1 heterocycles. The number of aromatic nitrogens is 2. The topological polar surface area (TPSA) is 65.7 Å². The van der Waals surface area contributed by atoms with Crippen LogP contribution in [-0.2, 0) is 6.61 Å². The van der Waals surface area contributed by atoms with E-state index < -0.39 is 0 Å². The van der Waals surface area contributed by atoms with Gasteiger partial charge in [-0.2, -0.15) is 9.78 Å². The van der Waals surface area contributed by atoms with Gasteiger partial charge in [-0.05, 0) is 54.4 Å². The van der Waals surface area contributed by atoms with Crippen LogP contribution in [0, 0.1) is 0 Å². The molecule has 36 heavy (non-hydrogen) atoms. The molecule has 0 unspecified atom stereocenters. The summed E-state index contributed by atoms with van der Waals surface area (Å²) in [6.07, 6.45) is 2.41. The van der Waals surface area contributed by atoms with Gasteiger partial charge < -0.3 is 9.47 Å². The van der Waals surface area contributed by atoms with E-state index in [-0.39, 0.29) is 11.5 Å². The summed E-state index contributed by atoms with van der Waals surface area (Å²) in [5.41, 5.74) is 2.00. The van der Waals surface area contributed by atoms with Gasteiger partial charge in [0.15, 0.2) is 11.5 Å². The van der Waals surface area contributed by atoms with E-state index in [1.807, 2.05) is 55.5 Å². The largest absolute Gasteiger partial charge is 0.493 e. The van der Waals surface area contributed by atoms with Crippen LogP contribution < -0.4 is 15.0 Å². The molecular weight excluding hydrogens is 610 g/mol. The van der Waals surface area contributed by atoms with Crippen LogP contribution in [-0.4, -0.2) is 23.0 Å². The first kappa shape index (κ1) is 26.4. The molecule has 4 aromatic rings. The molecule has 0 aliphatic rings. The number of benzene rings is 3. The fraction of sp³-hybridized carbons (Fsp3) is 0.222. The third kappa shape index (κ3) is 5.82. The molecule has 0 spiro atoms. The maximum atomic E-state index is 13.5. The Bertz CT molecular complexity index is 1490. The van der Waals surface area contributed by atoms with Gasteiger partial charge in [-0.15, -0.1) is 0 Å². The number of hydrogen-bond acceptors (Lipinski definition) is 5. The third-order valence-electron chi connectivity index (χ3n) is 5.76. The predicted molar refractivity (Wildman–Crippen MR) is 152 cm³/mol. The third-order valence-corrected chi connectivity index (χ3v) is 6.97. The Labute approximate surface area is 231 Å². The zero-order valence-corrected chi connectivity index (χ0v) is 23.9. The van der Waals surface area contributed by atoms with E-state index in [1.54, 1.807) is 19.4 Å². The molecule has 0 amide bonds. The standard InChI is InChI=1S/C27H24Br2ClN3O3/c1-4-16(2)26-32-23-10-7-19(28)12-22(23)27(34)33(26)31-14-18-11-20(29)13-24(35-3)25(18)36-15-17-5-8-21(30)9-6-17/h5-14,16H,4,15H2,1-3H3/t16-/m1/s1. The molecule has 0 radical (unpaired) electrons. The van der Waals surface area contributed by atoms with Crippen molar-refractivity contribution < 1.29 is 9.47 Å². The first-order chi connectivity index (χ1) is 17.3. The van der Waals surface area contributed by atoms with Gasteiger partial charge in [-0.1, -0.05) is 69.4 Å². The van der Waals surface area contributed by atoms with Gasteiger partial charge in [-0.25, -0.2) is 4.98 Å². The van der Waals surface area contributed by atoms with Crippen LogP contribution in [0.1, 0.15) is 43.1 Å². The molecule has 0 aliphatic heterocycles. The second-order valence-corrected chi connectivity index (χ2v) is 10.5. The van der Waals surface area contributed by atoms with E-state index in [9.17, 15) is 4.79 Å². The van der Waals surface area contributed by atoms with Gasteiger partial charge in [0.05, 0.1) is 24.2 Å². The van der Waals surface area contributed by atoms with Crippen LogP contribution in [0.3, 0.4) is 0 Å². The number of rotatable bonds is 8. The quantitative estimate of drug-likeness (QED) is 0.188. The Hall–Kier alpha value is -2.68. The maximum Gasteiger partial charge on any atom is 0.282 e. The molecule has 9 heteroatoms. The van der Waals surface area contributed by atoms with Crippen LogP contribution in [0.4, 0.5) is 0 Å². The van der Waals surface area contributed by atoms with Crippen LogP contribution in [0.5, 0.6) is 11.5 Å². The zero-order chi connectivity index (χ0) is 25.8. The van der Waals surface area contributed by atoms with E-state index in [1.165, 1.54) is 4.68 Å². The monoisotopic (exact) mass is 631 g/mol. The summed E-state index contributed by atoms with van der Waals surface area (Å²) in [5, 5.41) is 5.74. The lowest BCUT2D eigenvalue weighted by atomic mass is 10.1. The molecule has 0 saturated heterocycles. The van der Waals surface area contributed by atoms with E-state index in [0.29, 0.717) is 45.4 Å².